The van der Waals surface area contributed by atoms with Crippen LogP contribution < -0.4 is 10.6 Å². The van der Waals surface area contributed by atoms with Gasteiger partial charge in [-0.05, 0) is 17.7 Å². The van der Waals surface area contributed by atoms with E-state index in [2.05, 4.69) is 15.6 Å². The molecule has 0 heterocycles. The van der Waals surface area contributed by atoms with Gasteiger partial charge in [0.05, 0.1) is 10.6 Å². The van der Waals surface area contributed by atoms with E-state index >= 15 is 0 Å². The minimum absolute atomic E-state index is 0.0169. The van der Waals surface area contributed by atoms with Gasteiger partial charge in [0.2, 0.25) is 0 Å². The first-order valence-corrected chi connectivity index (χ1v) is 9.03. The van der Waals surface area contributed by atoms with E-state index in [9.17, 15) is 8.42 Å². The lowest BCUT2D eigenvalue weighted by Gasteiger charge is -2.12. The zero-order valence-corrected chi connectivity index (χ0v) is 13.9. The molecular formula is C17H21N3O2S. The van der Waals surface area contributed by atoms with Gasteiger partial charge >= 0.3 is 0 Å². The Morgan fingerprint density at radius 3 is 2.17 bits per heavy atom. The molecule has 0 aromatic heterocycles. The van der Waals surface area contributed by atoms with Gasteiger partial charge in [-0.15, -0.1) is 0 Å². The molecule has 0 spiro atoms. The van der Waals surface area contributed by atoms with Crippen molar-refractivity contribution < 1.29 is 8.42 Å². The first-order valence-electron chi connectivity index (χ1n) is 7.38. The molecule has 0 unspecified atom stereocenters. The van der Waals surface area contributed by atoms with Gasteiger partial charge < -0.3 is 10.6 Å². The molecule has 0 aliphatic heterocycles. The first-order chi connectivity index (χ1) is 11.1. The summed E-state index contributed by atoms with van der Waals surface area (Å²) in [5, 5.41) is 6.18. The maximum atomic E-state index is 12.2. The molecule has 23 heavy (non-hydrogen) atoms. The van der Waals surface area contributed by atoms with Crippen LogP contribution in [0, 0.1) is 0 Å². The van der Waals surface area contributed by atoms with Crippen molar-refractivity contribution in [2.45, 2.75) is 11.4 Å². The molecule has 0 atom stereocenters. The van der Waals surface area contributed by atoms with Crippen LogP contribution in [0.2, 0.25) is 0 Å². The van der Waals surface area contributed by atoms with Gasteiger partial charge in [0.25, 0.3) is 0 Å². The van der Waals surface area contributed by atoms with Gasteiger partial charge in [0.15, 0.2) is 15.8 Å². The molecule has 2 aromatic rings. The summed E-state index contributed by atoms with van der Waals surface area (Å²) in [4.78, 5) is 4.44. The molecule has 0 bridgehead atoms. The number of benzene rings is 2. The van der Waals surface area contributed by atoms with Gasteiger partial charge in [0.1, 0.15) is 0 Å². The Bertz CT molecular complexity index is 729. The van der Waals surface area contributed by atoms with Crippen LogP contribution in [-0.2, 0) is 16.4 Å². The molecule has 2 N–H and O–H groups in total. The van der Waals surface area contributed by atoms with Gasteiger partial charge in [-0.3, -0.25) is 4.99 Å². The Hall–Kier alpha value is -2.34. The van der Waals surface area contributed by atoms with Crippen LogP contribution in [0.4, 0.5) is 0 Å². The monoisotopic (exact) mass is 331 g/mol. The molecule has 5 nitrogen and oxygen atoms in total. The van der Waals surface area contributed by atoms with E-state index in [-0.39, 0.29) is 5.75 Å². The Labute approximate surface area is 137 Å². The fourth-order valence-corrected chi connectivity index (χ4v) is 3.23. The number of guanidine groups is 1. The lowest BCUT2D eigenvalue weighted by atomic mass is 10.2. The lowest BCUT2D eigenvalue weighted by Crippen LogP contribution is -2.39. The Morgan fingerprint density at radius 2 is 1.57 bits per heavy atom. The Balaban J connectivity index is 1.82. The number of rotatable bonds is 6. The van der Waals surface area contributed by atoms with Crippen molar-refractivity contribution in [3.8, 4) is 0 Å². The van der Waals surface area contributed by atoms with Gasteiger partial charge in [-0.2, -0.15) is 0 Å². The molecule has 2 aromatic carbocycles. The summed E-state index contributed by atoms with van der Waals surface area (Å²) in [6, 6.07) is 18.4. The van der Waals surface area contributed by atoms with E-state index in [1.807, 2.05) is 30.3 Å². The zero-order valence-electron chi connectivity index (χ0n) is 13.1. The molecule has 6 heteroatoms. The summed E-state index contributed by atoms with van der Waals surface area (Å²) in [5.74, 6) is 0.598. The van der Waals surface area contributed by atoms with Crippen molar-refractivity contribution in [3.63, 3.8) is 0 Å². The predicted molar refractivity (Wildman–Crippen MR) is 93.1 cm³/mol. The molecule has 0 saturated heterocycles. The van der Waals surface area contributed by atoms with Crippen molar-refractivity contribution >= 4 is 15.8 Å². The average Bonchev–Trinajstić information content (AvgIpc) is 2.59. The average molecular weight is 331 g/mol. The second kappa shape index (κ2) is 8.33. The molecule has 0 fully saturated rings. The van der Waals surface area contributed by atoms with E-state index < -0.39 is 9.84 Å². The lowest BCUT2D eigenvalue weighted by molar-refractivity contribution is 0.594. The van der Waals surface area contributed by atoms with Crippen molar-refractivity contribution in [2.24, 2.45) is 4.99 Å². The summed E-state index contributed by atoms with van der Waals surface area (Å²) >= 11 is 0. The maximum absolute atomic E-state index is 12.2. The van der Waals surface area contributed by atoms with E-state index in [0.717, 1.165) is 5.56 Å². The molecule has 0 aliphatic carbocycles. The third-order valence-electron chi connectivity index (χ3n) is 3.29. The number of hydrogen-bond acceptors (Lipinski definition) is 3. The summed E-state index contributed by atoms with van der Waals surface area (Å²) in [5.41, 5.74) is 1.13. The number of aliphatic imine (C=N–C) groups is 1. The Morgan fingerprint density at radius 1 is 0.957 bits per heavy atom. The normalized spacial score (nSPS) is 12.0. The van der Waals surface area contributed by atoms with Crippen molar-refractivity contribution in [1.29, 1.82) is 0 Å². The van der Waals surface area contributed by atoms with Crippen LogP contribution in [0.1, 0.15) is 5.56 Å². The molecule has 0 amide bonds. The second-order valence-electron chi connectivity index (χ2n) is 4.97. The van der Waals surface area contributed by atoms with Crippen molar-refractivity contribution in [1.82, 2.24) is 10.6 Å². The highest BCUT2D eigenvalue weighted by molar-refractivity contribution is 7.91. The smallest absolute Gasteiger partial charge is 0.191 e. The highest BCUT2D eigenvalue weighted by Crippen LogP contribution is 2.09. The topological polar surface area (TPSA) is 70.6 Å². The molecule has 122 valence electrons. The summed E-state index contributed by atoms with van der Waals surface area (Å²) in [6.45, 7) is 0.928. The highest BCUT2D eigenvalue weighted by atomic mass is 32.2. The number of nitrogens with one attached hydrogen (secondary N) is 2. The van der Waals surface area contributed by atoms with E-state index in [1.54, 1.807) is 37.4 Å². The maximum Gasteiger partial charge on any atom is 0.191 e. The van der Waals surface area contributed by atoms with Crippen molar-refractivity contribution in [3.05, 3.63) is 66.2 Å². The van der Waals surface area contributed by atoms with E-state index in [1.165, 1.54) is 0 Å². The molecule has 0 radical (unpaired) electrons. The minimum atomic E-state index is -3.28. The fourth-order valence-electron chi connectivity index (χ4n) is 2.05. The van der Waals surface area contributed by atoms with Crippen molar-refractivity contribution in [2.75, 3.05) is 19.3 Å². The van der Waals surface area contributed by atoms with Gasteiger partial charge in [0, 0.05) is 20.1 Å². The third-order valence-corrected chi connectivity index (χ3v) is 5.02. The Kier molecular flexibility index (Phi) is 6.17. The number of hydrogen-bond donors (Lipinski definition) is 2. The summed E-state index contributed by atoms with van der Waals surface area (Å²) in [7, 11) is -1.62. The molecule has 0 saturated carbocycles. The van der Waals surface area contributed by atoms with E-state index in [0.29, 0.717) is 23.9 Å². The van der Waals surface area contributed by atoms with Gasteiger partial charge in [-0.25, -0.2) is 8.42 Å². The predicted octanol–water partition coefficient (Wildman–Crippen LogP) is 1.83. The standard InChI is InChI=1S/C17H21N3O2S/c1-18-17(20-14-15-8-4-2-5-9-15)19-12-13-23(21,22)16-10-6-3-7-11-16/h2-11H,12-14H2,1H3,(H2,18,19,20). The number of sulfone groups is 1. The molecular weight excluding hydrogens is 310 g/mol. The van der Waals surface area contributed by atoms with Crippen LogP contribution in [0.15, 0.2) is 70.6 Å². The zero-order chi connectivity index (χ0) is 16.5. The molecule has 0 aliphatic rings. The van der Waals surface area contributed by atoms with Crippen LogP contribution in [0.5, 0.6) is 0 Å². The van der Waals surface area contributed by atoms with Crippen LogP contribution >= 0.6 is 0 Å². The fraction of sp³-hybridized carbons (Fsp3) is 0.235. The summed E-state index contributed by atoms with van der Waals surface area (Å²) in [6.07, 6.45) is 0. The first kappa shape index (κ1) is 17.0. The minimum Gasteiger partial charge on any atom is -0.355 e. The quantitative estimate of drug-likeness (QED) is 0.626. The summed E-state index contributed by atoms with van der Waals surface area (Å²) < 4.78 is 24.4. The van der Waals surface area contributed by atoms with Crippen LogP contribution in [-0.4, -0.2) is 33.7 Å². The molecule has 2 rings (SSSR count). The van der Waals surface area contributed by atoms with Crippen LogP contribution in [0.3, 0.4) is 0 Å². The second-order valence-corrected chi connectivity index (χ2v) is 7.08. The highest BCUT2D eigenvalue weighted by Gasteiger charge is 2.13. The SMILES string of the molecule is CN=C(NCCS(=O)(=O)c1ccccc1)NCc1ccccc1. The number of nitrogens with zero attached hydrogens (tertiary/aromatic N) is 1. The van der Waals surface area contributed by atoms with E-state index in [4.69, 9.17) is 0 Å². The van der Waals surface area contributed by atoms with Gasteiger partial charge in [-0.1, -0.05) is 48.5 Å². The largest absolute Gasteiger partial charge is 0.355 e. The third kappa shape index (κ3) is 5.41. The van der Waals surface area contributed by atoms with Crippen LogP contribution in [0.25, 0.3) is 0 Å².